The number of ether oxygens (including phenoxy) is 1. The summed E-state index contributed by atoms with van der Waals surface area (Å²) in [4.78, 5) is 25.3. The molecule has 2 amide bonds. The Hall–Kier alpha value is -2.17. The third kappa shape index (κ3) is 4.47. The predicted octanol–water partition coefficient (Wildman–Crippen LogP) is -1.01. The maximum atomic E-state index is 12.5. The van der Waals surface area contributed by atoms with Gasteiger partial charge in [-0.1, -0.05) is 0 Å². The number of hydrogen-bond donors (Lipinski definition) is 2. The van der Waals surface area contributed by atoms with Crippen LogP contribution in [0.15, 0.2) is 23.1 Å². The molecule has 0 spiro atoms. The zero-order valence-electron chi connectivity index (χ0n) is 14.2. The number of nitrogens with zero attached hydrogens (tertiary/aromatic N) is 2. The van der Waals surface area contributed by atoms with Crippen molar-refractivity contribution in [3.05, 3.63) is 23.8 Å². The van der Waals surface area contributed by atoms with Crippen molar-refractivity contribution < 1.29 is 22.7 Å². The molecule has 3 N–H and O–H groups in total. The molecule has 1 aliphatic heterocycles. The molecule has 2 rings (SSSR count). The van der Waals surface area contributed by atoms with Gasteiger partial charge in [-0.2, -0.15) is 0 Å². The van der Waals surface area contributed by atoms with Crippen LogP contribution < -0.4 is 16.0 Å². The van der Waals surface area contributed by atoms with Crippen molar-refractivity contribution in [2.45, 2.75) is 4.90 Å². The average molecular weight is 370 g/mol. The number of morpholine rings is 1. The van der Waals surface area contributed by atoms with Crippen molar-refractivity contribution in [3.8, 4) is 0 Å². The Morgan fingerprint density at radius 1 is 1.28 bits per heavy atom. The summed E-state index contributed by atoms with van der Waals surface area (Å²) in [6.45, 7) is 1.86. The third-order valence-corrected chi connectivity index (χ3v) is 5.58. The van der Waals surface area contributed by atoms with E-state index in [9.17, 15) is 18.0 Å². The fraction of sp³-hybridized carbons (Fsp3) is 0.467. The topological polar surface area (TPSA) is 122 Å². The molecule has 1 heterocycles. The monoisotopic (exact) mass is 370 g/mol. The van der Waals surface area contributed by atoms with Crippen molar-refractivity contribution >= 4 is 27.5 Å². The van der Waals surface area contributed by atoms with Gasteiger partial charge in [0, 0.05) is 32.9 Å². The number of hydrogen-bond acceptors (Lipinski definition) is 6. The Morgan fingerprint density at radius 3 is 2.48 bits per heavy atom. The van der Waals surface area contributed by atoms with Crippen LogP contribution in [0.2, 0.25) is 0 Å². The zero-order chi connectivity index (χ0) is 18.6. The van der Waals surface area contributed by atoms with Gasteiger partial charge in [0.25, 0.3) is 5.91 Å². The fourth-order valence-electron chi connectivity index (χ4n) is 2.41. The van der Waals surface area contributed by atoms with Gasteiger partial charge in [0.15, 0.2) is 0 Å². The van der Waals surface area contributed by atoms with Gasteiger partial charge in [-0.05, 0) is 18.2 Å². The molecule has 0 aromatic heterocycles. The van der Waals surface area contributed by atoms with Crippen LogP contribution in [0, 0.1) is 0 Å². The molecule has 0 unspecified atom stereocenters. The van der Waals surface area contributed by atoms with Crippen LogP contribution in [-0.2, 0) is 19.6 Å². The lowest BCUT2D eigenvalue weighted by molar-refractivity contribution is -0.117. The standard InChI is InChI=1S/C15H22N4O5S/c1-18(2)25(22,23)11-3-4-13(19-5-7-24-8-6-19)12(9-11)15(21)17-10-14(16)20/h3-4,9H,5-8,10H2,1-2H3,(H2,16,20)(H,17,21). The van der Waals surface area contributed by atoms with Crippen molar-refractivity contribution in [1.29, 1.82) is 0 Å². The summed E-state index contributed by atoms with van der Waals surface area (Å²) < 4.78 is 31.1. The Balaban J connectivity index is 2.44. The summed E-state index contributed by atoms with van der Waals surface area (Å²) in [5.74, 6) is -1.24. The molecule has 138 valence electrons. The molecule has 1 aromatic carbocycles. The van der Waals surface area contributed by atoms with Crippen LogP contribution in [-0.4, -0.2) is 71.5 Å². The van der Waals surface area contributed by atoms with E-state index >= 15 is 0 Å². The van der Waals surface area contributed by atoms with Crippen molar-refractivity contribution in [2.75, 3.05) is 51.8 Å². The number of anilines is 1. The highest BCUT2D eigenvalue weighted by Crippen LogP contribution is 2.26. The molecule has 0 radical (unpaired) electrons. The maximum absolute atomic E-state index is 12.5. The number of carbonyl (C=O) groups excluding carboxylic acids is 2. The summed E-state index contributed by atoms with van der Waals surface area (Å²) in [6, 6.07) is 4.38. The molecule has 1 aromatic rings. The summed E-state index contributed by atoms with van der Waals surface area (Å²) in [6.07, 6.45) is 0. The molecule has 0 bridgehead atoms. The summed E-state index contributed by atoms with van der Waals surface area (Å²) in [5, 5.41) is 2.41. The Labute approximate surface area is 146 Å². The SMILES string of the molecule is CN(C)S(=O)(=O)c1ccc(N2CCOCC2)c(C(=O)NCC(N)=O)c1. The molecule has 25 heavy (non-hydrogen) atoms. The summed E-state index contributed by atoms with van der Waals surface area (Å²) in [7, 11) is -0.864. The first kappa shape index (κ1) is 19.2. The number of rotatable bonds is 6. The lowest BCUT2D eigenvalue weighted by Gasteiger charge is -2.30. The van der Waals surface area contributed by atoms with Gasteiger partial charge in [-0.3, -0.25) is 9.59 Å². The lowest BCUT2D eigenvalue weighted by Crippen LogP contribution is -2.39. The largest absolute Gasteiger partial charge is 0.378 e. The number of amides is 2. The van der Waals surface area contributed by atoms with E-state index < -0.39 is 21.8 Å². The van der Waals surface area contributed by atoms with Crippen LogP contribution in [0.1, 0.15) is 10.4 Å². The van der Waals surface area contributed by atoms with E-state index in [0.717, 1.165) is 4.31 Å². The van der Waals surface area contributed by atoms with Crippen molar-refractivity contribution in [2.24, 2.45) is 5.73 Å². The van der Waals surface area contributed by atoms with Crippen LogP contribution in [0.4, 0.5) is 5.69 Å². The second-order valence-electron chi connectivity index (χ2n) is 5.71. The Morgan fingerprint density at radius 2 is 1.92 bits per heavy atom. The quantitative estimate of drug-likeness (QED) is 0.662. The van der Waals surface area contributed by atoms with Gasteiger partial charge in [-0.25, -0.2) is 12.7 Å². The average Bonchev–Trinajstić information content (AvgIpc) is 2.59. The molecule has 1 fully saturated rings. The van der Waals surface area contributed by atoms with Gasteiger partial charge in [-0.15, -0.1) is 0 Å². The number of sulfonamides is 1. The Kier molecular flexibility index (Phi) is 5.98. The lowest BCUT2D eigenvalue weighted by atomic mass is 10.1. The first-order chi connectivity index (χ1) is 11.7. The fourth-order valence-corrected chi connectivity index (χ4v) is 3.34. The van der Waals surface area contributed by atoms with Crippen LogP contribution in [0.3, 0.4) is 0 Å². The van der Waals surface area contributed by atoms with Gasteiger partial charge >= 0.3 is 0 Å². The van der Waals surface area contributed by atoms with Gasteiger partial charge in [0.2, 0.25) is 15.9 Å². The molecule has 9 nitrogen and oxygen atoms in total. The number of primary amides is 1. The van der Waals surface area contributed by atoms with Crippen LogP contribution >= 0.6 is 0 Å². The minimum Gasteiger partial charge on any atom is -0.378 e. The second kappa shape index (κ2) is 7.81. The smallest absolute Gasteiger partial charge is 0.253 e. The van der Waals surface area contributed by atoms with Crippen molar-refractivity contribution in [1.82, 2.24) is 9.62 Å². The predicted molar refractivity (Wildman–Crippen MR) is 91.9 cm³/mol. The number of nitrogens with one attached hydrogen (secondary N) is 1. The van der Waals surface area contributed by atoms with E-state index in [0.29, 0.717) is 32.0 Å². The summed E-state index contributed by atoms with van der Waals surface area (Å²) >= 11 is 0. The molecule has 0 aliphatic carbocycles. The van der Waals surface area contributed by atoms with Crippen LogP contribution in [0.25, 0.3) is 0 Å². The maximum Gasteiger partial charge on any atom is 0.253 e. The normalized spacial score (nSPS) is 15.2. The van der Waals surface area contributed by atoms with Crippen LogP contribution in [0.5, 0.6) is 0 Å². The number of benzene rings is 1. The third-order valence-electron chi connectivity index (χ3n) is 3.77. The van der Waals surface area contributed by atoms with Crippen molar-refractivity contribution in [3.63, 3.8) is 0 Å². The molecule has 0 atom stereocenters. The zero-order valence-corrected chi connectivity index (χ0v) is 15.0. The number of nitrogens with two attached hydrogens (primary N) is 1. The highest BCUT2D eigenvalue weighted by molar-refractivity contribution is 7.89. The molecule has 10 heteroatoms. The van der Waals surface area contributed by atoms with E-state index in [-0.39, 0.29) is 17.0 Å². The molecular formula is C15H22N4O5S. The molecular weight excluding hydrogens is 348 g/mol. The van der Waals surface area contributed by atoms with E-state index in [1.165, 1.54) is 26.2 Å². The Bertz CT molecular complexity index is 757. The number of carbonyl (C=O) groups is 2. The van der Waals surface area contributed by atoms with Gasteiger partial charge in [0.05, 0.1) is 30.2 Å². The summed E-state index contributed by atoms with van der Waals surface area (Å²) in [5.41, 5.74) is 5.81. The minimum absolute atomic E-state index is 0.00117. The van der Waals surface area contributed by atoms with E-state index in [2.05, 4.69) is 5.32 Å². The second-order valence-corrected chi connectivity index (χ2v) is 7.87. The molecule has 0 saturated carbocycles. The highest BCUT2D eigenvalue weighted by atomic mass is 32.2. The van der Waals surface area contributed by atoms with E-state index in [1.807, 2.05) is 4.90 Å². The first-order valence-corrected chi connectivity index (χ1v) is 9.13. The van der Waals surface area contributed by atoms with Gasteiger partial charge < -0.3 is 20.7 Å². The minimum atomic E-state index is -3.69. The highest BCUT2D eigenvalue weighted by Gasteiger charge is 2.24. The van der Waals surface area contributed by atoms with E-state index in [4.69, 9.17) is 10.5 Å². The molecule has 1 aliphatic rings. The van der Waals surface area contributed by atoms with Gasteiger partial charge in [0.1, 0.15) is 0 Å². The first-order valence-electron chi connectivity index (χ1n) is 7.69. The molecule has 1 saturated heterocycles. The van der Waals surface area contributed by atoms with E-state index in [1.54, 1.807) is 6.07 Å².